The zero-order valence-corrected chi connectivity index (χ0v) is 7.97. The summed E-state index contributed by atoms with van der Waals surface area (Å²) in [6.07, 6.45) is 3.41. The topological polar surface area (TPSA) is 20.2 Å². The third-order valence-corrected chi connectivity index (χ3v) is 1.86. The lowest BCUT2D eigenvalue weighted by Crippen LogP contribution is -1.87. The van der Waals surface area contributed by atoms with Gasteiger partial charge in [0.1, 0.15) is 5.82 Å². The molecular weight excluding hydrogens is 187 g/mol. The minimum absolute atomic E-state index is 0.0675. The fraction of sp³-hybridized carbons (Fsp3) is 0.200. The van der Waals surface area contributed by atoms with Gasteiger partial charge in [-0.05, 0) is 17.7 Å². The summed E-state index contributed by atoms with van der Waals surface area (Å²) < 4.78 is 13.1. The maximum atomic E-state index is 13.1. The van der Waals surface area contributed by atoms with Crippen LogP contribution in [0.2, 0.25) is 0 Å². The molecule has 0 heterocycles. The Kier molecular flexibility index (Phi) is 3.99. The van der Waals surface area contributed by atoms with Crippen molar-refractivity contribution in [1.29, 1.82) is 0 Å². The van der Waals surface area contributed by atoms with Crippen molar-refractivity contribution in [3.63, 3.8) is 0 Å². The lowest BCUT2D eigenvalue weighted by Gasteiger charge is -1.99. The molecular formula is C10H11FOS. The molecule has 0 aliphatic heterocycles. The zero-order valence-electron chi connectivity index (χ0n) is 7.07. The van der Waals surface area contributed by atoms with Crippen LogP contribution < -0.4 is 0 Å². The van der Waals surface area contributed by atoms with E-state index in [1.165, 1.54) is 6.07 Å². The van der Waals surface area contributed by atoms with Crippen molar-refractivity contribution in [3.8, 4) is 0 Å². The lowest BCUT2D eigenvalue weighted by atomic mass is 10.1. The molecule has 0 spiro atoms. The molecule has 0 atom stereocenters. The molecule has 0 amide bonds. The van der Waals surface area contributed by atoms with Crippen molar-refractivity contribution in [2.45, 2.75) is 6.61 Å². The predicted octanol–water partition coefficient (Wildman–Crippen LogP) is 2.26. The highest BCUT2D eigenvalue weighted by atomic mass is 32.1. The van der Waals surface area contributed by atoms with Gasteiger partial charge in [0.05, 0.1) is 6.61 Å². The van der Waals surface area contributed by atoms with E-state index in [2.05, 4.69) is 12.6 Å². The number of hydrogen-bond donors (Lipinski definition) is 2. The number of halogens is 1. The van der Waals surface area contributed by atoms with Crippen LogP contribution in [0.5, 0.6) is 0 Å². The van der Waals surface area contributed by atoms with Crippen LogP contribution in [-0.4, -0.2) is 10.9 Å². The van der Waals surface area contributed by atoms with Gasteiger partial charge in [-0.15, -0.1) is 0 Å². The first-order valence-corrected chi connectivity index (χ1v) is 4.58. The number of benzene rings is 1. The van der Waals surface area contributed by atoms with Crippen molar-refractivity contribution >= 4 is 18.7 Å². The molecule has 0 aliphatic rings. The quantitative estimate of drug-likeness (QED) is 0.714. The van der Waals surface area contributed by atoms with Gasteiger partial charge in [-0.2, -0.15) is 12.6 Å². The largest absolute Gasteiger partial charge is 0.392 e. The Balaban J connectivity index is 2.97. The van der Waals surface area contributed by atoms with Crippen LogP contribution in [-0.2, 0) is 6.61 Å². The second-order valence-electron chi connectivity index (χ2n) is 2.60. The molecule has 1 aromatic rings. The summed E-state index contributed by atoms with van der Waals surface area (Å²) >= 11 is 3.98. The van der Waals surface area contributed by atoms with Crippen molar-refractivity contribution in [1.82, 2.24) is 0 Å². The molecule has 0 bridgehead atoms. The fourth-order valence-corrected chi connectivity index (χ4v) is 1.10. The van der Waals surface area contributed by atoms with Crippen molar-refractivity contribution in [3.05, 3.63) is 41.2 Å². The highest BCUT2D eigenvalue weighted by Gasteiger charge is 1.98. The van der Waals surface area contributed by atoms with Gasteiger partial charge < -0.3 is 5.11 Å². The molecule has 3 heteroatoms. The first-order valence-electron chi connectivity index (χ1n) is 3.94. The maximum absolute atomic E-state index is 13.1. The Morgan fingerprint density at radius 3 is 2.85 bits per heavy atom. The monoisotopic (exact) mass is 198 g/mol. The molecule has 0 saturated heterocycles. The van der Waals surface area contributed by atoms with Crippen LogP contribution in [0.4, 0.5) is 4.39 Å². The first kappa shape index (κ1) is 10.3. The van der Waals surface area contributed by atoms with Crippen molar-refractivity contribution < 1.29 is 9.50 Å². The average molecular weight is 198 g/mol. The third kappa shape index (κ3) is 2.86. The highest BCUT2D eigenvalue weighted by Crippen LogP contribution is 2.12. The fourth-order valence-electron chi connectivity index (χ4n) is 0.999. The van der Waals surface area contributed by atoms with Gasteiger partial charge in [0.2, 0.25) is 0 Å². The maximum Gasteiger partial charge on any atom is 0.130 e. The van der Waals surface area contributed by atoms with Gasteiger partial charge in [0.25, 0.3) is 0 Å². The summed E-state index contributed by atoms with van der Waals surface area (Å²) in [4.78, 5) is 0. The summed E-state index contributed by atoms with van der Waals surface area (Å²) in [6, 6.07) is 4.53. The molecule has 0 radical (unpaired) electrons. The van der Waals surface area contributed by atoms with Gasteiger partial charge in [-0.25, -0.2) is 4.39 Å². The summed E-state index contributed by atoms with van der Waals surface area (Å²) in [5, 5.41) is 8.82. The van der Waals surface area contributed by atoms with Crippen molar-refractivity contribution in [2.24, 2.45) is 0 Å². The molecule has 1 N–H and O–H groups in total. The Morgan fingerprint density at radius 2 is 2.23 bits per heavy atom. The highest BCUT2D eigenvalue weighted by molar-refractivity contribution is 7.80. The molecule has 1 rings (SSSR count). The molecule has 0 unspecified atom stereocenters. The smallest absolute Gasteiger partial charge is 0.130 e. The minimum atomic E-state index is -0.282. The van der Waals surface area contributed by atoms with E-state index >= 15 is 0 Å². The van der Waals surface area contributed by atoms with Crippen LogP contribution in [0, 0.1) is 5.82 Å². The summed E-state index contributed by atoms with van der Waals surface area (Å²) in [6.45, 7) is -0.0675. The standard InChI is InChI=1S/C10H11FOS/c11-10-4-3-8(7-12)6-9(10)2-1-5-13/h1-4,6,12-13H,5,7H2. The van der Waals surface area contributed by atoms with Gasteiger partial charge in [0, 0.05) is 11.3 Å². The minimum Gasteiger partial charge on any atom is -0.392 e. The van der Waals surface area contributed by atoms with Gasteiger partial charge in [-0.1, -0.05) is 18.2 Å². The Hall–Kier alpha value is -0.800. The second kappa shape index (κ2) is 5.04. The average Bonchev–Trinajstić information content (AvgIpc) is 2.17. The van der Waals surface area contributed by atoms with Gasteiger partial charge >= 0.3 is 0 Å². The number of hydrogen-bond acceptors (Lipinski definition) is 2. The van der Waals surface area contributed by atoms with E-state index < -0.39 is 0 Å². The number of aliphatic hydroxyl groups is 1. The first-order chi connectivity index (χ1) is 6.27. The Bertz CT molecular complexity index is 310. The molecule has 1 aromatic carbocycles. The van der Waals surface area contributed by atoms with E-state index in [0.29, 0.717) is 16.9 Å². The Labute approximate surface area is 82.3 Å². The zero-order chi connectivity index (χ0) is 9.68. The van der Waals surface area contributed by atoms with E-state index in [9.17, 15) is 4.39 Å². The summed E-state index contributed by atoms with van der Waals surface area (Å²) in [7, 11) is 0. The molecule has 13 heavy (non-hydrogen) atoms. The Morgan fingerprint density at radius 1 is 1.46 bits per heavy atom. The van der Waals surface area contributed by atoms with E-state index in [4.69, 9.17) is 5.11 Å². The number of aliphatic hydroxyl groups excluding tert-OH is 1. The normalized spacial score (nSPS) is 11.0. The molecule has 1 nitrogen and oxygen atoms in total. The SMILES string of the molecule is OCc1ccc(F)c(C=CCS)c1. The van der Waals surface area contributed by atoms with Crippen LogP contribution in [0.3, 0.4) is 0 Å². The van der Waals surface area contributed by atoms with Gasteiger partial charge in [0.15, 0.2) is 0 Å². The lowest BCUT2D eigenvalue weighted by molar-refractivity contribution is 0.281. The number of rotatable bonds is 3. The van der Waals surface area contributed by atoms with Crippen molar-refractivity contribution in [2.75, 3.05) is 5.75 Å². The van der Waals surface area contributed by atoms with Crippen LogP contribution in [0.15, 0.2) is 24.3 Å². The number of thiol groups is 1. The molecule has 0 aromatic heterocycles. The van der Waals surface area contributed by atoms with Crippen LogP contribution in [0.1, 0.15) is 11.1 Å². The van der Waals surface area contributed by atoms with Crippen LogP contribution in [0.25, 0.3) is 6.08 Å². The van der Waals surface area contributed by atoms with E-state index in [-0.39, 0.29) is 12.4 Å². The van der Waals surface area contributed by atoms with E-state index in [1.54, 1.807) is 24.3 Å². The second-order valence-corrected chi connectivity index (χ2v) is 2.96. The molecule has 0 fully saturated rings. The molecule has 0 aliphatic carbocycles. The van der Waals surface area contributed by atoms with E-state index in [1.807, 2.05) is 0 Å². The third-order valence-electron chi connectivity index (χ3n) is 1.65. The predicted molar refractivity (Wildman–Crippen MR) is 55.2 cm³/mol. The summed E-state index contributed by atoms with van der Waals surface area (Å²) in [5.74, 6) is 0.290. The van der Waals surface area contributed by atoms with Gasteiger partial charge in [-0.3, -0.25) is 0 Å². The summed E-state index contributed by atoms with van der Waals surface area (Å²) in [5.41, 5.74) is 1.20. The van der Waals surface area contributed by atoms with Crippen LogP contribution >= 0.6 is 12.6 Å². The molecule has 70 valence electrons. The van der Waals surface area contributed by atoms with E-state index in [0.717, 1.165) is 0 Å². The molecule has 0 saturated carbocycles.